The summed E-state index contributed by atoms with van der Waals surface area (Å²) < 4.78 is 16.2. The first-order chi connectivity index (χ1) is 7.85. The Morgan fingerprint density at radius 2 is 2.19 bits per heavy atom. The van der Waals surface area contributed by atoms with E-state index in [1.165, 1.54) is 5.56 Å². The molecule has 0 saturated carbocycles. The average Bonchev–Trinajstić information content (AvgIpc) is 3.13. The molecule has 1 aromatic rings. The summed E-state index contributed by atoms with van der Waals surface area (Å²) in [6.45, 7) is 3.71. The van der Waals surface area contributed by atoms with Gasteiger partial charge in [-0.2, -0.15) is 0 Å². The molecule has 1 fully saturated rings. The summed E-state index contributed by atoms with van der Waals surface area (Å²) in [6.07, 6.45) is 2.46. The summed E-state index contributed by atoms with van der Waals surface area (Å²) in [5.41, 5.74) is 1.17. The predicted octanol–water partition coefficient (Wildman–Crippen LogP) is 2.95. The molecule has 0 aliphatic carbocycles. The van der Waals surface area contributed by atoms with Gasteiger partial charge in [-0.05, 0) is 24.1 Å². The molecule has 0 spiro atoms. The van der Waals surface area contributed by atoms with Crippen molar-refractivity contribution in [2.45, 2.75) is 25.9 Å². The Bertz CT molecular complexity index is 345. The van der Waals surface area contributed by atoms with Crippen molar-refractivity contribution in [2.24, 2.45) is 0 Å². The molecular weight excluding hydrogens is 204 g/mol. The number of rotatable bonds is 6. The van der Waals surface area contributed by atoms with Gasteiger partial charge < -0.3 is 14.2 Å². The monoisotopic (exact) mass is 222 g/mol. The van der Waals surface area contributed by atoms with Crippen LogP contribution in [0.4, 0.5) is 0 Å². The highest BCUT2D eigenvalue weighted by Crippen LogP contribution is 2.36. The van der Waals surface area contributed by atoms with Crippen molar-refractivity contribution in [1.29, 1.82) is 0 Å². The molecule has 0 aromatic heterocycles. The van der Waals surface area contributed by atoms with E-state index in [2.05, 4.69) is 6.92 Å². The zero-order valence-corrected chi connectivity index (χ0v) is 9.86. The molecule has 1 heterocycles. The fourth-order valence-corrected chi connectivity index (χ4v) is 1.57. The van der Waals surface area contributed by atoms with Gasteiger partial charge in [-0.15, -0.1) is 0 Å². The highest BCUT2D eigenvalue weighted by atomic mass is 16.6. The molecule has 0 amide bonds. The van der Waals surface area contributed by atoms with E-state index in [4.69, 9.17) is 14.2 Å². The second-order valence-corrected chi connectivity index (χ2v) is 3.93. The van der Waals surface area contributed by atoms with Crippen LogP contribution in [-0.2, 0) is 4.74 Å². The van der Waals surface area contributed by atoms with Crippen LogP contribution in [-0.4, -0.2) is 20.3 Å². The van der Waals surface area contributed by atoms with E-state index in [1.807, 2.05) is 18.2 Å². The Morgan fingerprint density at radius 1 is 1.38 bits per heavy atom. The normalized spacial score (nSPS) is 18.2. The summed E-state index contributed by atoms with van der Waals surface area (Å²) in [4.78, 5) is 0. The van der Waals surface area contributed by atoms with E-state index in [0.29, 0.717) is 0 Å². The van der Waals surface area contributed by atoms with Crippen molar-refractivity contribution >= 4 is 0 Å². The van der Waals surface area contributed by atoms with E-state index < -0.39 is 0 Å². The molecule has 1 aliphatic heterocycles. The summed E-state index contributed by atoms with van der Waals surface area (Å²) in [5.74, 6) is 1.62. The minimum atomic E-state index is 0.263. The van der Waals surface area contributed by atoms with Crippen LogP contribution in [0, 0.1) is 0 Å². The van der Waals surface area contributed by atoms with Crippen LogP contribution >= 0.6 is 0 Å². The summed E-state index contributed by atoms with van der Waals surface area (Å²) in [5, 5.41) is 0. The number of methoxy groups -OCH3 is 1. The van der Waals surface area contributed by atoms with Crippen LogP contribution in [0.1, 0.15) is 31.4 Å². The van der Waals surface area contributed by atoms with Gasteiger partial charge in [0.15, 0.2) is 11.5 Å². The van der Waals surface area contributed by atoms with E-state index >= 15 is 0 Å². The first-order valence-electron chi connectivity index (χ1n) is 5.77. The van der Waals surface area contributed by atoms with Crippen LogP contribution in [0.15, 0.2) is 18.2 Å². The standard InChI is InChI=1S/C13H18O3/c1-3-4-7-15-11-6-5-10(13-9-16-13)8-12(11)14-2/h5-6,8,13H,3-4,7,9H2,1-2H3/t13-/m0/s1. The minimum Gasteiger partial charge on any atom is -0.493 e. The molecule has 16 heavy (non-hydrogen) atoms. The number of hydrogen-bond acceptors (Lipinski definition) is 3. The van der Waals surface area contributed by atoms with Crippen molar-refractivity contribution in [3.63, 3.8) is 0 Å². The van der Waals surface area contributed by atoms with E-state index in [-0.39, 0.29) is 6.10 Å². The van der Waals surface area contributed by atoms with E-state index in [1.54, 1.807) is 7.11 Å². The van der Waals surface area contributed by atoms with E-state index in [0.717, 1.165) is 37.6 Å². The quantitative estimate of drug-likeness (QED) is 0.547. The third-order valence-electron chi connectivity index (χ3n) is 2.65. The van der Waals surface area contributed by atoms with Gasteiger partial charge in [0.05, 0.1) is 20.3 Å². The number of benzene rings is 1. The Morgan fingerprint density at radius 3 is 2.81 bits per heavy atom. The highest BCUT2D eigenvalue weighted by Gasteiger charge is 2.25. The average molecular weight is 222 g/mol. The zero-order chi connectivity index (χ0) is 11.4. The van der Waals surface area contributed by atoms with Crippen molar-refractivity contribution in [3.8, 4) is 11.5 Å². The van der Waals surface area contributed by atoms with Crippen LogP contribution in [0.3, 0.4) is 0 Å². The number of unbranched alkanes of at least 4 members (excludes halogenated alkanes) is 1. The molecular formula is C13H18O3. The maximum absolute atomic E-state index is 5.66. The van der Waals surface area contributed by atoms with Gasteiger partial charge in [-0.3, -0.25) is 0 Å². The maximum atomic E-state index is 5.66. The van der Waals surface area contributed by atoms with Crippen molar-refractivity contribution in [3.05, 3.63) is 23.8 Å². The predicted molar refractivity (Wildman–Crippen MR) is 62.1 cm³/mol. The zero-order valence-electron chi connectivity index (χ0n) is 9.86. The molecule has 1 aromatic carbocycles. The van der Waals surface area contributed by atoms with Gasteiger partial charge in [0.2, 0.25) is 0 Å². The van der Waals surface area contributed by atoms with Crippen molar-refractivity contribution in [1.82, 2.24) is 0 Å². The van der Waals surface area contributed by atoms with Gasteiger partial charge in [0, 0.05) is 0 Å². The summed E-state index contributed by atoms with van der Waals surface area (Å²) >= 11 is 0. The van der Waals surface area contributed by atoms with Gasteiger partial charge >= 0.3 is 0 Å². The Hall–Kier alpha value is -1.22. The van der Waals surface area contributed by atoms with Crippen LogP contribution in [0.5, 0.6) is 11.5 Å². The largest absolute Gasteiger partial charge is 0.493 e. The SMILES string of the molecule is CCCCOc1ccc([C@@H]2CO2)cc1OC. The Kier molecular flexibility index (Phi) is 3.67. The molecule has 1 saturated heterocycles. The third-order valence-corrected chi connectivity index (χ3v) is 2.65. The van der Waals surface area contributed by atoms with Gasteiger partial charge in [0.1, 0.15) is 6.10 Å². The molecule has 0 N–H and O–H groups in total. The molecule has 3 heteroatoms. The molecule has 0 radical (unpaired) electrons. The Labute approximate surface area is 96.3 Å². The fourth-order valence-electron chi connectivity index (χ4n) is 1.57. The maximum Gasteiger partial charge on any atom is 0.161 e. The van der Waals surface area contributed by atoms with Crippen LogP contribution < -0.4 is 9.47 Å². The minimum absolute atomic E-state index is 0.263. The smallest absolute Gasteiger partial charge is 0.161 e. The molecule has 0 bridgehead atoms. The Balaban J connectivity index is 2.05. The fraction of sp³-hybridized carbons (Fsp3) is 0.538. The van der Waals surface area contributed by atoms with Crippen LogP contribution in [0.2, 0.25) is 0 Å². The topological polar surface area (TPSA) is 31.0 Å². The molecule has 2 rings (SSSR count). The molecule has 1 aliphatic rings. The number of ether oxygens (including phenoxy) is 3. The molecule has 88 valence electrons. The number of epoxide rings is 1. The first-order valence-corrected chi connectivity index (χ1v) is 5.77. The second kappa shape index (κ2) is 5.21. The molecule has 3 nitrogen and oxygen atoms in total. The summed E-state index contributed by atoms with van der Waals surface area (Å²) in [6, 6.07) is 6.01. The number of hydrogen-bond donors (Lipinski definition) is 0. The van der Waals surface area contributed by atoms with Gasteiger partial charge in [0.25, 0.3) is 0 Å². The lowest BCUT2D eigenvalue weighted by molar-refractivity contribution is 0.288. The lowest BCUT2D eigenvalue weighted by Gasteiger charge is -2.11. The van der Waals surface area contributed by atoms with Crippen LogP contribution in [0.25, 0.3) is 0 Å². The van der Waals surface area contributed by atoms with Crippen molar-refractivity contribution in [2.75, 3.05) is 20.3 Å². The lowest BCUT2D eigenvalue weighted by atomic mass is 10.1. The third kappa shape index (κ3) is 2.67. The van der Waals surface area contributed by atoms with Gasteiger partial charge in [-0.1, -0.05) is 19.4 Å². The highest BCUT2D eigenvalue weighted by molar-refractivity contribution is 5.44. The second-order valence-electron chi connectivity index (χ2n) is 3.93. The van der Waals surface area contributed by atoms with Crippen molar-refractivity contribution < 1.29 is 14.2 Å². The summed E-state index contributed by atoms with van der Waals surface area (Å²) in [7, 11) is 1.67. The first kappa shape index (κ1) is 11.3. The van der Waals surface area contributed by atoms with Gasteiger partial charge in [-0.25, -0.2) is 0 Å². The lowest BCUT2D eigenvalue weighted by Crippen LogP contribution is -1.99. The molecule has 0 unspecified atom stereocenters. The molecule has 1 atom stereocenters. The van der Waals surface area contributed by atoms with E-state index in [9.17, 15) is 0 Å².